The van der Waals surface area contributed by atoms with E-state index in [-0.39, 0.29) is 19.3 Å². The zero-order valence-corrected chi connectivity index (χ0v) is 7.16. The van der Waals surface area contributed by atoms with E-state index in [1.165, 1.54) is 0 Å². The van der Waals surface area contributed by atoms with Crippen molar-refractivity contribution in [2.45, 2.75) is 44.5 Å². The van der Waals surface area contributed by atoms with Crippen LogP contribution in [-0.2, 0) is 0 Å². The Balaban J connectivity index is 3.44. The maximum Gasteiger partial charge on any atom is 0.272 e. The number of halogens is 5. The van der Waals surface area contributed by atoms with E-state index >= 15 is 0 Å². The van der Waals surface area contributed by atoms with Crippen LogP contribution in [0.15, 0.2) is 0 Å². The summed E-state index contributed by atoms with van der Waals surface area (Å²) >= 11 is 0. The summed E-state index contributed by atoms with van der Waals surface area (Å²) < 4.78 is 59.4. The molecule has 0 bridgehead atoms. The minimum atomic E-state index is -3.27. The number of unbranched alkanes of at least 4 members (excludes halogenated alkanes) is 2. The topological polar surface area (TPSA) is 0 Å². The molecule has 0 rings (SSSR count). The lowest BCUT2D eigenvalue weighted by atomic mass is 10.1. The van der Waals surface area contributed by atoms with E-state index in [4.69, 9.17) is 0 Å². The largest absolute Gasteiger partial charge is 0.272 e. The third-order valence-corrected chi connectivity index (χ3v) is 1.70. The van der Waals surface area contributed by atoms with Crippen molar-refractivity contribution in [2.75, 3.05) is 6.67 Å². The van der Waals surface area contributed by atoms with Gasteiger partial charge in [0.25, 0.3) is 6.43 Å². The Morgan fingerprint density at radius 3 is 1.92 bits per heavy atom. The Kier molecular flexibility index (Phi) is 6.90. The molecule has 0 aliphatic rings. The lowest BCUT2D eigenvalue weighted by molar-refractivity contribution is 0.000467. The zero-order valence-electron chi connectivity index (χ0n) is 7.16. The van der Waals surface area contributed by atoms with Gasteiger partial charge in [-0.15, -0.1) is 0 Å². The van der Waals surface area contributed by atoms with E-state index < -0.39 is 25.4 Å². The summed E-state index contributed by atoms with van der Waals surface area (Å²) in [6.07, 6.45) is -7.42. The Morgan fingerprint density at radius 2 is 1.46 bits per heavy atom. The van der Waals surface area contributed by atoms with Crippen molar-refractivity contribution in [1.82, 2.24) is 0 Å². The first-order valence-electron chi connectivity index (χ1n) is 4.22. The molecule has 13 heavy (non-hydrogen) atoms. The number of hydrogen-bond donors (Lipinski definition) is 0. The molecule has 0 aromatic carbocycles. The Hall–Kier alpha value is -0.350. The van der Waals surface area contributed by atoms with Crippen molar-refractivity contribution in [1.29, 1.82) is 0 Å². The summed E-state index contributed by atoms with van der Waals surface area (Å²) in [5.74, 6) is 0. The average Bonchev–Trinajstić information content (AvgIpc) is 2.10. The summed E-state index contributed by atoms with van der Waals surface area (Å²) in [6, 6.07) is 0. The van der Waals surface area contributed by atoms with E-state index in [9.17, 15) is 22.0 Å². The third-order valence-electron chi connectivity index (χ3n) is 1.70. The van der Waals surface area contributed by atoms with Gasteiger partial charge in [-0.05, 0) is 12.8 Å². The molecule has 0 N–H and O–H groups in total. The van der Waals surface area contributed by atoms with Crippen LogP contribution in [0.1, 0.15) is 25.7 Å². The fourth-order valence-corrected chi connectivity index (χ4v) is 0.928. The molecule has 2 unspecified atom stereocenters. The van der Waals surface area contributed by atoms with Gasteiger partial charge in [-0.25, -0.2) is 17.6 Å². The van der Waals surface area contributed by atoms with Gasteiger partial charge in [-0.3, -0.25) is 4.39 Å². The highest BCUT2D eigenvalue weighted by Crippen LogP contribution is 2.18. The van der Waals surface area contributed by atoms with Crippen LogP contribution in [0.2, 0.25) is 0 Å². The Labute approximate surface area is 74.1 Å². The first kappa shape index (κ1) is 12.7. The molecule has 0 aromatic heterocycles. The molecule has 5 heteroatoms. The van der Waals surface area contributed by atoms with Crippen LogP contribution >= 0.6 is 0 Å². The van der Waals surface area contributed by atoms with Gasteiger partial charge in [0.1, 0.15) is 6.17 Å². The van der Waals surface area contributed by atoms with Crippen LogP contribution in [0, 0.1) is 0 Å². The van der Waals surface area contributed by atoms with Gasteiger partial charge >= 0.3 is 0 Å². The predicted octanol–water partition coefficient (Wildman–Crippen LogP) is 3.46. The number of alkyl halides is 5. The summed E-state index contributed by atoms with van der Waals surface area (Å²) in [5.41, 5.74) is 0. The van der Waals surface area contributed by atoms with Crippen LogP contribution in [0.3, 0.4) is 0 Å². The lowest BCUT2D eigenvalue weighted by Gasteiger charge is -2.11. The molecule has 0 nitrogen and oxygen atoms in total. The van der Waals surface area contributed by atoms with E-state index in [1.54, 1.807) is 0 Å². The van der Waals surface area contributed by atoms with Gasteiger partial charge in [-0.2, -0.15) is 0 Å². The third kappa shape index (κ3) is 5.82. The van der Waals surface area contributed by atoms with Gasteiger partial charge in [0.05, 0.1) is 6.67 Å². The second kappa shape index (κ2) is 7.09. The van der Waals surface area contributed by atoms with Crippen molar-refractivity contribution in [3.63, 3.8) is 0 Å². The van der Waals surface area contributed by atoms with Crippen molar-refractivity contribution < 1.29 is 22.0 Å². The molecule has 0 saturated carbocycles. The lowest BCUT2D eigenvalue weighted by Crippen LogP contribution is -2.24. The maximum absolute atomic E-state index is 12.5. The van der Waals surface area contributed by atoms with E-state index in [2.05, 4.69) is 0 Å². The number of rotatable bonds is 7. The van der Waals surface area contributed by atoms with E-state index in [1.807, 2.05) is 0 Å². The normalized spacial score (nSPS) is 16.2. The smallest absolute Gasteiger partial charge is 0.251 e. The quantitative estimate of drug-likeness (QED) is 0.440. The summed E-state index contributed by atoms with van der Waals surface area (Å²) in [4.78, 5) is 0. The second-order valence-electron chi connectivity index (χ2n) is 2.83. The molecule has 2 atom stereocenters. The van der Waals surface area contributed by atoms with Gasteiger partial charge < -0.3 is 0 Å². The molecule has 0 fully saturated rings. The molecule has 80 valence electrons. The van der Waals surface area contributed by atoms with E-state index in [0.717, 1.165) is 0 Å². The molecule has 0 amide bonds. The highest BCUT2D eigenvalue weighted by atomic mass is 19.3. The van der Waals surface area contributed by atoms with Gasteiger partial charge in [0.15, 0.2) is 6.17 Å². The first-order chi connectivity index (χ1) is 6.09. The molecule has 0 aromatic rings. The molecule has 0 aliphatic heterocycles. The highest BCUT2D eigenvalue weighted by molar-refractivity contribution is 4.70. The fraction of sp³-hybridized carbons (Fsp3) is 1.00. The van der Waals surface area contributed by atoms with Gasteiger partial charge in [0.2, 0.25) is 0 Å². The van der Waals surface area contributed by atoms with E-state index in [0.29, 0.717) is 6.42 Å². The summed E-state index contributed by atoms with van der Waals surface area (Å²) in [5, 5.41) is 0. The zero-order chi connectivity index (χ0) is 10.3. The van der Waals surface area contributed by atoms with Gasteiger partial charge in [-0.1, -0.05) is 12.8 Å². The number of hydrogen-bond acceptors (Lipinski definition) is 0. The minimum absolute atomic E-state index is 0.248. The maximum atomic E-state index is 12.5. The predicted molar refractivity (Wildman–Crippen MR) is 40.2 cm³/mol. The molecule has 0 spiro atoms. The molecular weight excluding hydrogens is 191 g/mol. The van der Waals surface area contributed by atoms with Crippen LogP contribution < -0.4 is 0 Å². The van der Waals surface area contributed by atoms with Crippen molar-refractivity contribution in [2.24, 2.45) is 0 Å². The molecule has 0 radical (unpaired) electrons. The molecule has 0 aliphatic carbocycles. The van der Waals surface area contributed by atoms with Crippen LogP contribution in [0.25, 0.3) is 0 Å². The van der Waals surface area contributed by atoms with Crippen LogP contribution in [-0.4, -0.2) is 25.4 Å². The van der Waals surface area contributed by atoms with Crippen molar-refractivity contribution in [3.05, 3.63) is 0 Å². The highest BCUT2D eigenvalue weighted by Gasteiger charge is 2.28. The van der Waals surface area contributed by atoms with Crippen molar-refractivity contribution >= 4 is 0 Å². The first-order valence-corrected chi connectivity index (χ1v) is 4.22. The fourth-order valence-electron chi connectivity index (χ4n) is 0.928. The average molecular weight is 204 g/mol. The van der Waals surface area contributed by atoms with Gasteiger partial charge in [0, 0.05) is 0 Å². The standard InChI is InChI=1S/C8H13F5/c9-5-3-1-2-4-6(10)7(11)8(12)13/h6-8H,1-5H2. The Morgan fingerprint density at radius 1 is 0.846 bits per heavy atom. The van der Waals surface area contributed by atoms with Crippen LogP contribution in [0.5, 0.6) is 0 Å². The minimum Gasteiger partial charge on any atom is -0.251 e. The molecule has 0 heterocycles. The van der Waals surface area contributed by atoms with Crippen LogP contribution in [0.4, 0.5) is 22.0 Å². The molecule has 0 saturated heterocycles. The molecular formula is C8H13F5. The SMILES string of the molecule is FCCCCCC(F)C(F)C(F)F. The summed E-state index contributed by atoms with van der Waals surface area (Å²) in [7, 11) is 0. The monoisotopic (exact) mass is 204 g/mol. The second-order valence-corrected chi connectivity index (χ2v) is 2.83. The Bertz CT molecular complexity index is 117. The van der Waals surface area contributed by atoms with Crippen molar-refractivity contribution in [3.8, 4) is 0 Å². The summed E-state index contributed by atoms with van der Waals surface area (Å²) in [6.45, 7) is -0.509.